The SMILES string of the molecule is COc1cc([N+]2(CCF)CCC(C3CCNCC3)CC2)ccc1Nc1nccc(-c2c(-c3cccc(C(=O)Nc4c(F)cccc4F)c3)nc3ccccn23)n1. The van der Waals surface area contributed by atoms with Crippen LogP contribution in [-0.2, 0) is 0 Å². The van der Waals surface area contributed by atoms with Gasteiger partial charge in [-0.25, -0.2) is 28.1 Å². The number of halogens is 3. The van der Waals surface area contributed by atoms with Crippen LogP contribution in [-0.4, -0.2) is 71.8 Å². The van der Waals surface area contributed by atoms with E-state index in [0.29, 0.717) is 62.6 Å². The van der Waals surface area contributed by atoms with Gasteiger partial charge in [-0.2, -0.15) is 0 Å². The molecule has 2 saturated heterocycles. The van der Waals surface area contributed by atoms with Crippen LogP contribution in [0, 0.1) is 23.5 Å². The summed E-state index contributed by atoms with van der Waals surface area (Å²) in [6, 6.07) is 23.5. The average Bonchev–Trinajstić information content (AvgIpc) is 3.63. The minimum absolute atomic E-state index is 0.190. The summed E-state index contributed by atoms with van der Waals surface area (Å²) in [5.41, 5.74) is 4.37. The Hall–Kier alpha value is -5.79. The molecule has 2 fully saturated rings. The molecule has 10 nitrogen and oxygen atoms in total. The zero-order chi connectivity index (χ0) is 38.6. The van der Waals surface area contributed by atoms with Crippen LogP contribution in [0.15, 0.2) is 97.3 Å². The smallest absolute Gasteiger partial charge is 0.255 e. The third-order valence-electron chi connectivity index (χ3n) is 11.4. The van der Waals surface area contributed by atoms with Crippen molar-refractivity contribution < 1.29 is 22.7 Å². The van der Waals surface area contributed by atoms with Gasteiger partial charge in [0.1, 0.15) is 47.6 Å². The Morgan fingerprint density at radius 3 is 2.45 bits per heavy atom. The first-order valence-corrected chi connectivity index (χ1v) is 19.1. The lowest BCUT2D eigenvalue weighted by Gasteiger charge is -2.45. The number of hydrogen-bond donors (Lipinski definition) is 3. The number of hydrogen-bond acceptors (Lipinski definition) is 7. The zero-order valence-corrected chi connectivity index (χ0v) is 31.1. The van der Waals surface area contributed by atoms with Crippen molar-refractivity contribution in [2.75, 3.05) is 57.1 Å². The number of rotatable bonds is 11. The summed E-state index contributed by atoms with van der Waals surface area (Å²) in [5.74, 6) is -0.0613. The molecule has 3 N–H and O–H groups in total. The van der Waals surface area contributed by atoms with Gasteiger partial charge in [0.25, 0.3) is 5.91 Å². The molecule has 3 aromatic heterocycles. The molecule has 2 aliphatic heterocycles. The van der Waals surface area contributed by atoms with E-state index in [0.717, 1.165) is 62.8 Å². The van der Waals surface area contributed by atoms with Crippen LogP contribution in [0.2, 0.25) is 0 Å². The van der Waals surface area contributed by atoms with Crippen LogP contribution in [0.25, 0.3) is 28.3 Å². The number of quaternary nitrogens is 1. The Balaban J connectivity index is 1.07. The molecule has 8 rings (SSSR count). The number of fused-ring (bicyclic) bond motifs is 1. The molecule has 0 aliphatic carbocycles. The van der Waals surface area contributed by atoms with E-state index in [2.05, 4.69) is 27.0 Å². The molecule has 1 amide bonds. The third kappa shape index (κ3) is 7.44. The molecule has 0 saturated carbocycles. The maximum Gasteiger partial charge on any atom is 0.255 e. The topological polar surface area (TPSA) is 105 Å². The van der Waals surface area contributed by atoms with Crippen LogP contribution >= 0.6 is 0 Å². The Morgan fingerprint density at radius 2 is 1.68 bits per heavy atom. The van der Waals surface area contributed by atoms with Gasteiger partial charge in [0, 0.05) is 48.5 Å². The number of piperidine rings is 2. The number of carbonyl (C=O) groups excluding carboxylic acids is 1. The fourth-order valence-corrected chi connectivity index (χ4v) is 8.44. The van der Waals surface area contributed by atoms with E-state index in [-0.39, 0.29) is 5.56 Å². The monoisotopic (exact) mass is 761 g/mol. The number of methoxy groups -OCH3 is 1. The highest BCUT2D eigenvalue weighted by atomic mass is 19.1. The van der Waals surface area contributed by atoms with E-state index in [4.69, 9.17) is 14.7 Å². The van der Waals surface area contributed by atoms with E-state index >= 15 is 0 Å². The summed E-state index contributed by atoms with van der Waals surface area (Å²) in [6.45, 7) is 4.01. The van der Waals surface area contributed by atoms with Crippen molar-refractivity contribution in [3.8, 4) is 28.4 Å². The Morgan fingerprint density at radius 1 is 0.911 bits per heavy atom. The van der Waals surface area contributed by atoms with Gasteiger partial charge in [0.05, 0.1) is 43.0 Å². The van der Waals surface area contributed by atoms with Crippen molar-refractivity contribution in [2.24, 2.45) is 11.8 Å². The van der Waals surface area contributed by atoms with Gasteiger partial charge in [0.15, 0.2) is 0 Å². The number of ether oxygens (including phenoxy) is 1. The van der Waals surface area contributed by atoms with Crippen LogP contribution in [0.4, 0.5) is 36.2 Å². The highest BCUT2D eigenvalue weighted by Gasteiger charge is 2.39. The number of benzene rings is 3. The molecule has 0 spiro atoms. The Bertz CT molecular complexity index is 2330. The molecule has 56 heavy (non-hydrogen) atoms. The fraction of sp³-hybridized carbons (Fsp3) is 0.302. The number of carbonyl (C=O) groups is 1. The number of para-hydroxylation sites is 1. The average molecular weight is 762 g/mol. The van der Waals surface area contributed by atoms with Crippen molar-refractivity contribution in [1.82, 2.24) is 29.2 Å². The molecule has 0 radical (unpaired) electrons. The largest absolute Gasteiger partial charge is 0.494 e. The van der Waals surface area contributed by atoms with Crippen molar-refractivity contribution in [3.05, 3.63) is 115 Å². The second-order valence-electron chi connectivity index (χ2n) is 14.6. The van der Waals surface area contributed by atoms with E-state index < -0.39 is 29.9 Å². The third-order valence-corrected chi connectivity index (χ3v) is 11.4. The first kappa shape index (κ1) is 37.1. The lowest BCUT2D eigenvalue weighted by molar-refractivity contribution is 0.102. The number of alkyl halides is 1. The number of imidazole rings is 1. The van der Waals surface area contributed by atoms with Crippen molar-refractivity contribution in [1.29, 1.82) is 0 Å². The first-order valence-electron chi connectivity index (χ1n) is 19.1. The Labute approximate surface area is 323 Å². The molecule has 0 atom stereocenters. The van der Waals surface area contributed by atoms with Crippen molar-refractivity contribution in [3.63, 3.8) is 0 Å². The number of likely N-dealkylation sites (tertiary alicyclic amines) is 1. The maximum absolute atomic E-state index is 14.3. The highest BCUT2D eigenvalue weighted by Crippen LogP contribution is 2.40. The van der Waals surface area contributed by atoms with Crippen LogP contribution < -0.4 is 25.2 Å². The van der Waals surface area contributed by atoms with E-state index in [9.17, 15) is 18.0 Å². The van der Waals surface area contributed by atoms with Gasteiger partial charge >= 0.3 is 0 Å². The molecule has 13 heteroatoms. The standard InChI is InChI=1S/C43H43F3N8O2/c1-56-37-27-32(54(25-18-44)23-16-29(17-24-54)28-13-19-47-20-14-28)11-12-35(37)49-43-48-21-15-36(50-43)41-39(51-38-10-2-3-22-53(38)41)30-6-4-7-31(26-30)42(55)52-40-33(45)8-5-9-34(40)46/h2-12,15,21-22,26-29,47H,13-14,16-20,23-25H2,1H3,(H-,48,49,50,52,55)/p+1. The number of aromatic nitrogens is 4. The normalized spacial score (nSPS) is 18.8. The number of pyridine rings is 1. The molecular weight excluding hydrogens is 718 g/mol. The minimum Gasteiger partial charge on any atom is -0.494 e. The summed E-state index contributed by atoms with van der Waals surface area (Å²) < 4.78 is 51.2. The number of anilines is 3. The number of nitrogens with one attached hydrogen (secondary N) is 3. The fourth-order valence-electron chi connectivity index (χ4n) is 8.44. The molecule has 2 aliphatic rings. The van der Waals surface area contributed by atoms with Crippen molar-refractivity contribution in [2.45, 2.75) is 25.7 Å². The van der Waals surface area contributed by atoms with Gasteiger partial charge in [-0.15, -0.1) is 0 Å². The zero-order valence-electron chi connectivity index (χ0n) is 31.1. The van der Waals surface area contributed by atoms with Gasteiger partial charge in [-0.05, 0) is 86.3 Å². The van der Waals surface area contributed by atoms with Gasteiger partial charge in [-0.1, -0.05) is 24.3 Å². The van der Waals surface area contributed by atoms with Crippen LogP contribution in [0.1, 0.15) is 36.0 Å². The second kappa shape index (κ2) is 16.1. The van der Waals surface area contributed by atoms with Crippen LogP contribution in [0.5, 0.6) is 5.75 Å². The van der Waals surface area contributed by atoms with E-state index in [1.807, 2.05) is 47.0 Å². The number of nitrogens with zero attached hydrogens (tertiary/aromatic N) is 5. The highest BCUT2D eigenvalue weighted by molar-refractivity contribution is 6.05. The summed E-state index contributed by atoms with van der Waals surface area (Å²) in [6.07, 6.45) is 8.14. The van der Waals surface area contributed by atoms with E-state index in [1.54, 1.807) is 37.6 Å². The molecule has 0 bridgehead atoms. The second-order valence-corrected chi connectivity index (χ2v) is 14.6. The van der Waals surface area contributed by atoms with Crippen molar-refractivity contribution >= 4 is 34.6 Å². The van der Waals surface area contributed by atoms with Gasteiger partial charge in [-0.3, -0.25) is 13.7 Å². The lowest BCUT2D eigenvalue weighted by atomic mass is 9.78. The van der Waals surface area contributed by atoms with Gasteiger partial charge < -0.3 is 20.7 Å². The molecule has 0 unspecified atom stereocenters. The first-order chi connectivity index (χ1) is 27.4. The molecule has 5 heterocycles. The molecule has 6 aromatic rings. The molecule has 3 aromatic carbocycles. The Kier molecular flexibility index (Phi) is 10.7. The number of amides is 1. The minimum atomic E-state index is -0.871. The summed E-state index contributed by atoms with van der Waals surface area (Å²) in [4.78, 5) is 27.5. The molecular formula is C43H44F3N8O2+. The maximum atomic E-state index is 14.3. The predicted molar refractivity (Wildman–Crippen MR) is 213 cm³/mol. The van der Waals surface area contributed by atoms with Gasteiger partial charge in [0.2, 0.25) is 5.95 Å². The summed E-state index contributed by atoms with van der Waals surface area (Å²) in [7, 11) is 1.62. The molecule has 288 valence electrons. The predicted octanol–water partition coefficient (Wildman–Crippen LogP) is 8.43. The van der Waals surface area contributed by atoms with E-state index in [1.165, 1.54) is 18.9 Å². The summed E-state index contributed by atoms with van der Waals surface area (Å²) in [5, 5.41) is 9.17. The quantitative estimate of drug-likeness (QED) is 0.114. The lowest BCUT2D eigenvalue weighted by Crippen LogP contribution is -2.56. The summed E-state index contributed by atoms with van der Waals surface area (Å²) >= 11 is 0. The van der Waals surface area contributed by atoms with Crippen LogP contribution in [0.3, 0.4) is 0 Å².